The molecule has 0 saturated carbocycles. The Labute approximate surface area is 148 Å². The van der Waals surface area contributed by atoms with Crippen LogP contribution in [-0.4, -0.2) is 20.7 Å². The average molecular weight is 336 g/mol. The van der Waals surface area contributed by atoms with Crippen molar-refractivity contribution in [2.45, 2.75) is 44.6 Å². The van der Waals surface area contributed by atoms with Crippen molar-refractivity contribution < 1.29 is 0 Å². The molecule has 1 atom stereocenters. The van der Waals surface area contributed by atoms with Gasteiger partial charge in [-0.15, -0.1) is 0 Å². The van der Waals surface area contributed by atoms with Crippen LogP contribution in [0.5, 0.6) is 0 Å². The van der Waals surface area contributed by atoms with Crippen molar-refractivity contribution in [3.8, 4) is 0 Å². The second-order valence-corrected chi connectivity index (χ2v) is 13.6. The summed E-state index contributed by atoms with van der Waals surface area (Å²) < 4.78 is 0. The fourth-order valence-corrected chi connectivity index (χ4v) is 4.59. The maximum absolute atomic E-state index is 2.62. The summed E-state index contributed by atoms with van der Waals surface area (Å²) in [7, 11) is -1.03. The topological polar surface area (TPSA) is 3.24 Å². The van der Waals surface area contributed by atoms with E-state index in [4.69, 9.17) is 0 Å². The molecule has 1 heterocycles. The lowest BCUT2D eigenvalue weighted by atomic mass is 10.1. The van der Waals surface area contributed by atoms with Crippen molar-refractivity contribution in [1.29, 1.82) is 0 Å². The Balaban J connectivity index is 1.81. The lowest BCUT2D eigenvalue weighted by Gasteiger charge is -2.30. The number of para-hydroxylation sites is 1. The van der Waals surface area contributed by atoms with Crippen molar-refractivity contribution in [2.75, 3.05) is 11.4 Å². The van der Waals surface area contributed by atoms with Crippen LogP contribution in [-0.2, 0) is 6.42 Å². The fraction of sp³-hybridized carbons (Fsp3) is 0.364. The SMILES string of the molecule is C[Si](C)(C)CC[C@@H](/C=C/c1ccccc1)N1CCc2ccccc21. The number of benzene rings is 2. The second-order valence-electron chi connectivity index (χ2n) is 8.01. The zero-order valence-electron chi connectivity index (χ0n) is 15.2. The van der Waals surface area contributed by atoms with Gasteiger partial charge in [-0.3, -0.25) is 0 Å². The molecule has 0 fully saturated rings. The van der Waals surface area contributed by atoms with Crippen molar-refractivity contribution in [3.05, 3.63) is 71.8 Å². The first-order valence-electron chi connectivity index (χ1n) is 9.11. The molecule has 1 nitrogen and oxygen atoms in total. The van der Waals surface area contributed by atoms with Gasteiger partial charge in [-0.25, -0.2) is 0 Å². The summed E-state index contributed by atoms with van der Waals surface area (Å²) in [6.07, 6.45) is 7.17. The van der Waals surface area contributed by atoms with Gasteiger partial charge in [0.25, 0.3) is 0 Å². The Morgan fingerprint density at radius 2 is 1.71 bits per heavy atom. The standard InChI is InChI=1S/C22H29NSi/c1-24(2,3)18-16-21(14-13-19-9-5-4-6-10-19)23-17-15-20-11-7-8-12-22(20)23/h4-14,21H,15-18H2,1-3H3/b14-13+/t21-/m1/s1. The molecule has 0 aromatic heterocycles. The van der Waals surface area contributed by atoms with Gasteiger partial charge in [0.05, 0.1) is 0 Å². The van der Waals surface area contributed by atoms with E-state index < -0.39 is 8.07 Å². The molecular formula is C22H29NSi. The van der Waals surface area contributed by atoms with Crippen molar-refractivity contribution in [2.24, 2.45) is 0 Å². The third kappa shape index (κ3) is 4.39. The highest BCUT2D eigenvalue weighted by atomic mass is 28.3. The molecule has 3 rings (SSSR count). The van der Waals surface area contributed by atoms with Gasteiger partial charge < -0.3 is 4.90 Å². The number of hydrogen-bond acceptors (Lipinski definition) is 1. The summed E-state index contributed by atoms with van der Waals surface area (Å²) in [5.41, 5.74) is 4.24. The highest BCUT2D eigenvalue weighted by molar-refractivity contribution is 6.76. The lowest BCUT2D eigenvalue weighted by molar-refractivity contribution is 0.683. The highest BCUT2D eigenvalue weighted by Gasteiger charge is 2.25. The molecule has 126 valence electrons. The van der Waals surface area contributed by atoms with Crippen LogP contribution < -0.4 is 4.90 Å². The molecule has 0 N–H and O–H groups in total. The summed E-state index contributed by atoms with van der Waals surface area (Å²) in [5.74, 6) is 0. The number of fused-ring (bicyclic) bond motifs is 1. The maximum atomic E-state index is 2.62. The van der Waals surface area contributed by atoms with Crippen molar-refractivity contribution in [1.82, 2.24) is 0 Å². The van der Waals surface area contributed by atoms with Crippen LogP contribution in [0.4, 0.5) is 5.69 Å². The molecular weight excluding hydrogens is 306 g/mol. The largest absolute Gasteiger partial charge is 0.365 e. The third-order valence-electron chi connectivity index (χ3n) is 4.82. The highest BCUT2D eigenvalue weighted by Crippen LogP contribution is 2.32. The van der Waals surface area contributed by atoms with Gasteiger partial charge in [0.15, 0.2) is 0 Å². The molecule has 1 aliphatic heterocycles. The molecule has 0 saturated heterocycles. The van der Waals surface area contributed by atoms with E-state index in [1.165, 1.54) is 35.7 Å². The molecule has 1 aliphatic rings. The second kappa shape index (κ2) is 7.39. The normalized spacial score (nSPS) is 15.7. The fourth-order valence-electron chi connectivity index (χ4n) is 3.43. The summed E-state index contributed by atoms with van der Waals surface area (Å²) in [6.45, 7) is 8.57. The molecule has 24 heavy (non-hydrogen) atoms. The van der Waals surface area contributed by atoms with Gasteiger partial charge >= 0.3 is 0 Å². The zero-order chi connectivity index (χ0) is 17.0. The minimum absolute atomic E-state index is 0.501. The average Bonchev–Trinajstić information content (AvgIpc) is 2.99. The minimum Gasteiger partial charge on any atom is -0.365 e. The smallest absolute Gasteiger partial charge is 0.0473 e. The predicted molar refractivity (Wildman–Crippen MR) is 110 cm³/mol. The van der Waals surface area contributed by atoms with E-state index >= 15 is 0 Å². The van der Waals surface area contributed by atoms with E-state index in [-0.39, 0.29) is 0 Å². The van der Waals surface area contributed by atoms with Crippen molar-refractivity contribution >= 4 is 19.8 Å². The van der Waals surface area contributed by atoms with E-state index in [1.54, 1.807) is 0 Å². The van der Waals surface area contributed by atoms with Gasteiger partial charge in [0.1, 0.15) is 0 Å². The summed E-state index contributed by atoms with van der Waals surface area (Å²) >= 11 is 0. The van der Waals surface area contributed by atoms with Gasteiger partial charge in [0.2, 0.25) is 0 Å². The van der Waals surface area contributed by atoms with Gasteiger partial charge in [-0.1, -0.05) is 86.4 Å². The van der Waals surface area contributed by atoms with Crippen LogP contribution in [0.3, 0.4) is 0 Å². The quantitative estimate of drug-likeness (QED) is 0.598. The van der Waals surface area contributed by atoms with E-state index in [0.29, 0.717) is 6.04 Å². The van der Waals surface area contributed by atoms with E-state index in [1.807, 2.05) is 0 Å². The molecule has 0 amide bonds. The monoisotopic (exact) mass is 335 g/mol. The number of anilines is 1. The first-order valence-corrected chi connectivity index (χ1v) is 12.8. The molecule has 0 radical (unpaired) electrons. The number of nitrogens with zero attached hydrogens (tertiary/aromatic N) is 1. The summed E-state index contributed by atoms with van der Waals surface area (Å²) in [6, 6.07) is 21.5. The number of rotatable bonds is 6. The Hall–Kier alpha value is -1.80. The van der Waals surface area contributed by atoms with Crippen molar-refractivity contribution in [3.63, 3.8) is 0 Å². The van der Waals surface area contributed by atoms with E-state index in [9.17, 15) is 0 Å². The maximum Gasteiger partial charge on any atom is 0.0473 e. The zero-order valence-corrected chi connectivity index (χ0v) is 16.2. The molecule has 2 heteroatoms. The molecule has 0 unspecified atom stereocenters. The van der Waals surface area contributed by atoms with Crippen LogP contribution in [0.1, 0.15) is 17.5 Å². The van der Waals surface area contributed by atoms with Gasteiger partial charge in [-0.05, 0) is 30.0 Å². The van der Waals surface area contributed by atoms with Crippen LogP contribution in [0.25, 0.3) is 6.08 Å². The molecule has 2 aromatic rings. The first kappa shape index (κ1) is 17.0. The molecule has 0 aliphatic carbocycles. The lowest BCUT2D eigenvalue weighted by Crippen LogP contribution is -2.34. The third-order valence-corrected chi connectivity index (χ3v) is 6.61. The van der Waals surface area contributed by atoms with E-state index in [0.717, 1.165) is 6.54 Å². The Morgan fingerprint density at radius 1 is 1.00 bits per heavy atom. The molecule has 2 aromatic carbocycles. The van der Waals surface area contributed by atoms with Crippen LogP contribution >= 0.6 is 0 Å². The van der Waals surface area contributed by atoms with Crippen LogP contribution in [0.2, 0.25) is 25.7 Å². The van der Waals surface area contributed by atoms with Crippen LogP contribution in [0.15, 0.2) is 60.7 Å². The van der Waals surface area contributed by atoms with E-state index in [2.05, 4.69) is 91.3 Å². The predicted octanol–water partition coefficient (Wildman–Crippen LogP) is 5.86. The molecule has 0 spiro atoms. The van der Waals surface area contributed by atoms with Gasteiger partial charge in [0, 0.05) is 26.3 Å². The van der Waals surface area contributed by atoms with Gasteiger partial charge in [-0.2, -0.15) is 0 Å². The number of hydrogen-bond donors (Lipinski definition) is 0. The van der Waals surface area contributed by atoms with Crippen LogP contribution in [0, 0.1) is 0 Å². The first-order chi connectivity index (χ1) is 11.5. The molecule has 0 bridgehead atoms. The Bertz CT molecular complexity index is 685. The summed E-state index contributed by atoms with van der Waals surface area (Å²) in [4.78, 5) is 2.62. The Morgan fingerprint density at radius 3 is 2.46 bits per heavy atom. The summed E-state index contributed by atoms with van der Waals surface area (Å²) in [5, 5.41) is 0. The minimum atomic E-state index is -1.03. The Kier molecular flexibility index (Phi) is 5.25.